The Balaban J connectivity index is 1.48. The first kappa shape index (κ1) is 17.1. The number of ether oxygens (including phenoxy) is 1. The van der Waals surface area contributed by atoms with Crippen LogP contribution in [0.5, 0.6) is 5.75 Å². The maximum Gasteiger partial charge on any atom is 0.288 e. The third-order valence-electron chi connectivity index (χ3n) is 6.72. The van der Waals surface area contributed by atoms with E-state index in [1.807, 2.05) is 24.3 Å². The fourth-order valence-electron chi connectivity index (χ4n) is 6.04. The van der Waals surface area contributed by atoms with E-state index in [-0.39, 0.29) is 16.1 Å². The molecule has 4 saturated carbocycles. The summed E-state index contributed by atoms with van der Waals surface area (Å²) in [6.07, 6.45) is 8.91. The van der Waals surface area contributed by atoms with Crippen molar-refractivity contribution in [1.82, 2.24) is 9.78 Å². The molecule has 0 atom stereocenters. The third-order valence-corrected chi connectivity index (χ3v) is 7.09. The smallest absolute Gasteiger partial charge is 0.288 e. The molecule has 0 radical (unpaired) electrons. The van der Waals surface area contributed by atoms with Gasteiger partial charge in [0.1, 0.15) is 10.8 Å². The average Bonchev–Trinajstić information content (AvgIpc) is 2.64. The number of methoxy groups -OCH3 is 1. The van der Waals surface area contributed by atoms with E-state index < -0.39 is 0 Å². The van der Waals surface area contributed by atoms with Crippen molar-refractivity contribution in [3.05, 3.63) is 45.8 Å². The van der Waals surface area contributed by atoms with Gasteiger partial charge in [0.15, 0.2) is 0 Å². The third kappa shape index (κ3) is 2.83. The molecule has 4 aliphatic rings. The SMILES string of the molecule is COc1cccc(Nc2cnn(C34CC5CC(CC(C5)C3)C4)c(=O)c2Cl)c1. The Labute approximate surface area is 163 Å². The maximum atomic E-state index is 13.1. The summed E-state index contributed by atoms with van der Waals surface area (Å²) in [4.78, 5) is 13.1. The molecule has 1 aromatic heterocycles. The van der Waals surface area contributed by atoms with E-state index in [0.717, 1.165) is 48.5 Å². The molecule has 142 valence electrons. The van der Waals surface area contributed by atoms with Crippen LogP contribution in [0.4, 0.5) is 11.4 Å². The lowest BCUT2D eigenvalue weighted by Crippen LogP contribution is -2.55. The summed E-state index contributed by atoms with van der Waals surface area (Å²) < 4.78 is 6.97. The molecular formula is C21H24ClN3O2. The van der Waals surface area contributed by atoms with Crippen molar-refractivity contribution in [2.45, 2.75) is 44.1 Å². The van der Waals surface area contributed by atoms with Gasteiger partial charge >= 0.3 is 0 Å². The van der Waals surface area contributed by atoms with E-state index in [1.165, 1.54) is 19.3 Å². The first-order valence-corrected chi connectivity index (χ1v) is 10.1. The lowest BCUT2D eigenvalue weighted by Gasteiger charge is -2.56. The predicted octanol–water partition coefficient (Wildman–Crippen LogP) is 4.57. The van der Waals surface area contributed by atoms with Crippen LogP contribution in [0.2, 0.25) is 5.02 Å². The van der Waals surface area contributed by atoms with Crippen molar-refractivity contribution < 1.29 is 4.74 Å². The summed E-state index contributed by atoms with van der Waals surface area (Å²) in [7, 11) is 1.63. The van der Waals surface area contributed by atoms with Gasteiger partial charge in [-0.05, 0) is 68.4 Å². The van der Waals surface area contributed by atoms with Gasteiger partial charge in [-0.15, -0.1) is 0 Å². The van der Waals surface area contributed by atoms with E-state index in [0.29, 0.717) is 5.69 Å². The Morgan fingerprint density at radius 1 is 1.19 bits per heavy atom. The molecule has 4 fully saturated rings. The lowest BCUT2D eigenvalue weighted by molar-refractivity contribution is -0.0518. The van der Waals surface area contributed by atoms with Gasteiger partial charge in [0, 0.05) is 11.8 Å². The molecular weight excluding hydrogens is 362 g/mol. The largest absolute Gasteiger partial charge is 0.497 e. The minimum atomic E-state index is -0.175. The maximum absolute atomic E-state index is 13.1. The molecule has 6 heteroatoms. The fraction of sp³-hybridized carbons (Fsp3) is 0.524. The molecule has 2 aromatic rings. The topological polar surface area (TPSA) is 56.1 Å². The summed E-state index contributed by atoms with van der Waals surface area (Å²) in [5.74, 6) is 2.99. The van der Waals surface area contributed by atoms with Crippen LogP contribution in [0.15, 0.2) is 35.3 Å². The van der Waals surface area contributed by atoms with Crippen LogP contribution in [0.25, 0.3) is 0 Å². The van der Waals surface area contributed by atoms with E-state index in [4.69, 9.17) is 16.3 Å². The minimum absolute atomic E-state index is 0.121. The molecule has 0 spiro atoms. The molecule has 27 heavy (non-hydrogen) atoms. The van der Waals surface area contributed by atoms with Gasteiger partial charge in [-0.25, -0.2) is 4.68 Å². The Hall–Kier alpha value is -2.01. The zero-order chi connectivity index (χ0) is 18.6. The summed E-state index contributed by atoms with van der Waals surface area (Å²) in [5, 5.41) is 8.01. The Bertz CT molecular complexity index is 904. The zero-order valence-electron chi connectivity index (χ0n) is 15.5. The molecule has 5 nitrogen and oxygen atoms in total. The number of rotatable bonds is 4. The van der Waals surface area contributed by atoms with Crippen molar-refractivity contribution in [3.8, 4) is 5.75 Å². The van der Waals surface area contributed by atoms with Gasteiger partial charge in [-0.2, -0.15) is 5.10 Å². The second kappa shape index (κ2) is 6.26. The molecule has 1 N–H and O–H groups in total. The summed E-state index contributed by atoms with van der Waals surface area (Å²) in [6.45, 7) is 0. The summed E-state index contributed by atoms with van der Waals surface area (Å²) in [5.41, 5.74) is 1.05. The van der Waals surface area contributed by atoms with Crippen molar-refractivity contribution in [2.24, 2.45) is 17.8 Å². The fourth-order valence-corrected chi connectivity index (χ4v) is 6.21. The zero-order valence-corrected chi connectivity index (χ0v) is 16.2. The van der Waals surface area contributed by atoms with Gasteiger partial charge in [0.05, 0.1) is 24.5 Å². The number of nitrogens with zero attached hydrogens (tertiary/aromatic N) is 2. The van der Waals surface area contributed by atoms with Crippen LogP contribution in [0, 0.1) is 17.8 Å². The van der Waals surface area contributed by atoms with Crippen LogP contribution < -0.4 is 15.6 Å². The van der Waals surface area contributed by atoms with E-state index in [1.54, 1.807) is 18.0 Å². The molecule has 1 heterocycles. The molecule has 0 aliphatic heterocycles. The lowest BCUT2D eigenvalue weighted by atomic mass is 9.53. The van der Waals surface area contributed by atoms with Crippen molar-refractivity contribution in [2.75, 3.05) is 12.4 Å². The molecule has 0 saturated heterocycles. The second-order valence-corrected chi connectivity index (χ2v) is 8.97. The number of hydrogen-bond acceptors (Lipinski definition) is 4. The van der Waals surface area contributed by atoms with Crippen LogP contribution in [-0.2, 0) is 5.54 Å². The molecule has 0 unspecified atom stereocenters. The monoisotopic (exact) mass is 385 g/mol. The predicted molar refractivity (Wildman–Crippen MR) is 106 cm³/mol. The minimum Gasteiger partial charge on any atom is -0.497 e. The quantitative estimate of drug-likeness (QED) is 0.837. The number of anilines is 2. The summed E-state index contributed by atoms with van der Waals surface area (Å²) in [6, 6.07) is 7.53. The number of halogens is 1. The van der Waals surface area contributed by atoms with Gasteiger partial charge < -0.3 is 10.1 Å². The Kier molecular flexibility index (Phi) is 3.97. The normalized spacial score (nSPS) is 31.1. The molecule has 6 rings (SSSR count). The van der Waals surface area contributed by atoms with Crippen LogP contribution in [0.3, 0.4) is 0 Å². The molecule has 0 amide bonds. The average molecular weight is 386 g/mol. The molecule has 1 aromatic carbocycles. The molecule has 4 aliphatic carbocycles. The van der Waals surface area contributed by atoms with Gasteiger partial charge in [0.2, 0.25) is 0 Å². The van der Waals surface area contributed by atoms with Gasteiger partial charge in [-0.1, -0.05) is 17.7 Å². The Morgan fingerprint density at radius 3 is 2.48 bits per heavy atom. The Morgan fingerprint density at radius 2 is 1.85 bits per heavy atom. The number of aromatic nitrogens is 2. The summed E-state index contributed by atoms with van der Waals surface area (Å²) >= 11 is 6.50. The van der Waals surface area contributed by atoms with Crippen LogP contribution in [-0.4, -0.2) is 16.9 Å². The van der Waals surface area contributed by atoms with Gasteiger partial charge in [-0.3, -0.25) is 4.79 Å². The van der Waals surface area contributed by atoms with Crippen molar-refractivity contribution >= 4 is 23.0 Å². The number of benzene rings is 1. The first-order chi connectivity index (χ1) is 13.1. The number of nitrogens with one attached hydrogen (secondary N) is 1. The van der Waals surface area contributed by atoms with Crippen molar-refractivity contribution in [3.63, 3.8) is 0 Å². The number of hydrogen-bond donors (Lipinski definition) is 1. The highest BCUT2D eigenvalue weighted by molar-refractivity contribution is 6.33. The van der Waals surface area contributed by atoms with Crippen LogP contribution >= 0.6 is 11.6 Å². The first-order valence-electron chi connectivity index (χ1n) is 9.76. The highest BCUT2D eigenvalue weighted by Crippen LogP contribution is 2.58. The second-order valence-electron chi connectivity index (χ2n) is 8.59. The van der Waals surface area contributed by atoms with Crippen molar-refractivity contribution in [1.29, 1.82) is 0 Å². The van der Waals surface area contributed by atoms with E-state index in [2.05, 4.69) is 10.4 Å². The van der Waals surface area contributed by atoms with E-state index in [9.17, 15) is 4.79 Å². The van der Waals surface area contributed by atoms with E-state index >= 15 is 0 Å². The highest BCUT2D eigenvalue weighted by atomic mass is 35.5. The van der Waals surface area contributed by atoms with Gasteiger partial charge in [0.25, 0.3) is 5.56 Å². The highest BCUT2D eigenvalue weighted by Gasteiger charge is 2.53. The van der Waals surface area contributed by atoms with Crippen LogP contribution in [0.1, 0.15) is 38.5 Å². The molecule has 4 bridgehead atoms. The standard InChI is InChI=1S/C21H24ClN3O2/c1-27-17-4-2-3-16(8-17)24-18-12-23-25(20(26)19(18)22)21-9-13-5-14(10-21)7-15(6-13)11-21/h2-4,8,12-15,24H,5-7,9-11H2,1H3.